The molecule has 4 N–H and O–H groups in total. The zero-order chi connectivity index (χ0) is 14.6. The highest BCUT2D eigenvalue weighted by molar-refractivity contribution is 7.91. The standard InChI is InChI=1S/C13H17NO4S/c1-3-7-19(17,18)12-8-9(5-6-11(12)15)13(16)10(14)4-2/h3-6,8,10,13,15-16H,1-2,7,14H2. The summed E-state index contributed by atoms with van der Waals surface area (Å²) in [5, 5.41) is 19.5. The minimum Gasteiger partial charge on any atom is -0.507 e. The van der Waals surface area contributed by atoms with Crippen molar-refractivity contribution in [3.8, 4) is 5.75 Å². The van der Waals surface area contributed by atoms with Gasteiger partial charge in [0, 0.05) is 0 Å². The minimum atomic E-state index is -3.68. The molecule has 0 fully saturated rings. The molecule has 5 nitrogen and oxygen atoms in total. The fraction of sp³-hybridized carbons (Fsp3) is 0.231. The number of aliphatic hydroxyl groups excluding tert-OH is 1. The maximum atomic E-state index is 11.9. The van der Waals surface area contributed by atoms with Gasteiger partial charge in [0.15, 0.2) is 9.84 Å². The third kappa shape index (κ3) is 3.44. The predicted molar refractivity (Wildman–Crippen MR) is 73.5 cm³/mol. The van der Waals surface area contributed by atoms with Gasteiger partial charge in [-0.05, 0) is 17.7 Å². The summed E-state index contributed by atoms with van der Waals surface area (Å²) in [7, 11) is -3.68. The maximum Gasteiger partial charge on any atom is 0.185 e. The van der Waals surface area contributed by atoms with Gasteiger partial charge in [-0.25, -0.2) is 8.42 Å². The Morgan fingerprint density at radius 1 is 1.37 bits per heavy atom. The lowest BCUT2D eigenvalue weighted by Gasteiger charge is -2.17. The van der Waals surface area contributed by atoms with E-state index in [1.165, 1.54) is 30.4 Å². The van der Waals surface area contributed by atoms with E-state index in [2.05, 4.69) is 13.2 Å². The van der Waals surface area contributed by atoms with Gasteiger partial charge >= 0.3 is 0 Å². The fourth-order valence-corrected chi connectivity index (χ4v) is 2.75. The number of phenols is 1. The van der Waals surface area contributed by atoms with Crippen molar-refractivity contribution in [1.29, 1.82) is 0 Å². The number of aliphatic hydroxyl groups is 1. The summed E-state index contributed by atoms with van der Waals surface area (Å²) in [6.45, 7) is 6.82. The molecule has 0 spiro atoms. The monoisotopic (exact) mass is 283 g/mol. The second-order valence-corrected chi connectivity index (χ2v) is 6.06. The summed E-state index contributed by atoms with van der Waals surface area (Å²) < 4.78 is 23.8. The number of hydrogen-bond donors (Lipinski definition) is 3. The Bertz CT molecular complexity index is 580. The van der Waals surface area contributed by atoms with Crippen LogP contribution in [0.4, 0.5) is 0 Å². The Morgan fingerprint density at radius 2 is 2.00 bits per heavy atom. The van der Waals surface area contributed by atoms with Gasteiger partial charge in [-0.15, -0.1) is 13.2 Å². The molecule has 2 atom stereocenters. The highest BCUT2D eigenvalue weighted by atomic mass is 32.2. The van der Waals surface area contributed by atoms with Crippen LogP contribution in [0.3, 0.4) is 0 Å². The molecule has 1 aromatic carbocycles. The van der Waals surface area contributed by atoms with E-state index in [-0.39, 0.29) is 16.4 Å². The lowest BCUT2D eigenvalue weighted by molar-refractivity contribution is 0.163. The van der Waals surface area contributed by atoms with E-state index >= 15 is 0 Å². The van der Waals surface area contributed by atoms with Crippen LogP contribution in [0.15, 0.2) is 48.4 Å². The van der Waals surface area contributed by atoms with E-state index in [1.54, 1.807) is 0 Å². The van der Waals surface area contributed by atoms with Crippen molar-refractivity contribution in [1.82, 2.24) is 0 Å². The Kier molecular flexibility index (Phi) is 4.88. The largest absolute Gasteiger partial charge is 0.507 e. The maximum absolute atomic E-state index is 11.9. The molecule has 0 aliphatic rings. The molecule has 19 heavy (non-hydrogen) atoms. The van der Waals surface area contributed by atoms with Gasteiger partial charge < -0.3 is 15.9 Å². The van der Waals surface area contributed by atoms with Gasteiger partial charge in [0.2, 0.25) is 0 Å². The molecule has 0 amide bonds. The van der Waals surface area contributed by atoms with E-state index in [0.717, 1.165) is 0 Å². The van der Waals surface area contributed by atoms with E-state index in [9.17, 15) is 18.6 Å². The summed E-state index contributed by atoms with van der Waals surface area (Å²) in [6.07, 6.45) is 1.50. The molecule has 1 aromatic rings. The second kappa shape index (κ2) is 6.01. The Balaban J connectivity index is 3.29. The van der Waals surface area contributed by atoms with Crippen LogP contribution in [0.1, 0.15) is 11.7 Å². The van der Waals surface area contributed by atoms with Crippen molar-refractivity contribution in [3.63, 3.8) is 0 Å². The zero-order valence-corrected chi connectivity index (χ0v) is 11.2. The van der Waals surface area contributed by atoms with Crippen molar-refractivity contribution in [2.75, 3.05) is 5.75 Å². The summed E-state index contributed by atoms with van der Waals surface area (Å²) in [5.41, 5.74) is 5.91. The average molecular weight is 283 g/mol. The molecule has 0 aliphatic carbocycles. The summed E-state index contributed by atoms with van der Waals surface area (Å²) in [6, 6.07) is 3.11. The minimum absolute atomic E-state index is 0.250. The van der Waals surface area contributed by atoms with Crippen molar-refractivity contribution >= 4 is 9.84 Å². The summed E-state index contributed by atoms with van der Waals surface area (Å²) in [4.78, 5) is -0.250. The number of hydrogen-bond acceptors (Lipinski definition) is 5. The molecule has 0 radical (unpaired) electrons. The second-order valence-electron chi connectivity index (χ2n) is 4.06. The normalized spacial score (nSPS) is 14.6. The highest BCUT2D eigenvalue weighted by Gasteiger charge is 2.21. The number of rotatable bonds is 6. The number of sulfone groups is 1. The van der Waals surface area contributed by atoms with Crippen LogP contribution in [0.5, 0.6) is 5.75 Å². The quantitative estimate of drug-likeness (QED) is 0.673. The number of aromatic hydroxyl groups is 1. The smallest absolute Gasteiger partial charge is 0.185 e. The number of nitrogens with two attached hydrogens (primary N) is 1. The molecule has 104 valence electrons. The molecule has 0 saturated heterocycles. The van der Waals surface area contributed by atoms with Crippen molar-refractivity contribution in [2.45, 2.75) is 17.0 Å². The molecule has 0 saturated carbocycles. The first-order valence-electron chi connectivity index (χ1n) is 5.56. The Hall–Kier alpha value is -1.63. The van der Waals surface area contributed by atoms with Crippen LogP contribution in [-0.2, 0) is 9.84 Å². The van der Waals surface area contributed by atoms with Gasteiger partial charge in [0.1, 0.15) is 10.6 Å². The van der Waals surface area contributed by atoms with E-state index in [1.807, 2.05) is 0 Å². The van der Waals surface area contributed by atoms with Crippen LogP contribution in [0, 0.1) is 0 Å². The third-order valence-corrected chi connectivity index (χ3v) is 4.31. The molecule has 1 rings (SSSR count). The van der Waals surface area contributed by atoms with Crippen molar-refractivity contribution in [2.24, 2.45) is 5.73 Å². The van der Waals surface area contributed by atoms with Gasteiger partial charge in [-0.3, -0.25) is 0 Å². The molecule has 6 heteroatoms. The third-order valence-electron chi connectivity index (χ3n) is 2.63. The lowest BCUT2D eigenvalue weighted by Crippen LogP contribution is -2.25. The first-order chi connectivity index (χ1) is 8.83. The first kappa shape index (κ1) is 15.4. The van der Waals surface area contributed by atoms with Crippen molar-refractivity contribution < 1.29 is 18.6 Å². The lowest BCUT2D eigenvalue weighted by atomic mass is 10.0. The van der Waals surface area contributed by atoms with Crippen molar-refractivity contribution in [3.05, 3.63) is 49.1 Å². The van der Waals surface area contributed by atoms with Gasteiger partial charge in [0.25, 0.3) is 0 Å². The summed E-state index contributed by atoms with van der Waals surface area (Å²) >= 11 is 0. The van der Waals surface area contributed by atoms with Crippen LogP contribution in [0.25, 0.3) is 0 Å². The molecular formula is C13H17NO4S. The molecule has 0 bridgehead atoms. The van der Waals surface area contributed by atoms with Gasteiger partial charge in [-0.1, -0.05) is 18.2 Å². The van der Waals surface area contributed by atoms with Crippen LogP contribution in [0.2, 0.25) is 0 Å². The summed E-state index contributed by atoms with van der Waals surface area (Å²) in [5.74, 6) is -0.668. The van der Waals surface area contributed by atoms with Gasteiger partial charge in [0.05, 0.1) is 17.9 Å². The van der Waals surface area contributed by atoms with Crippen LogP contribution < -0.4 is 5.73 Å². The predicted octanol–water partition coefficient (Wildman–Crippen LogP) is 0.899. The first-order valence-corrected chi connectivity index (χ1v) is 7.21. The topological polar surface area (TPSA) is 101 Å². The highest BCUT2D eigenvalue weighted by Crippen LogP contribution is 2.28. The fourth-order valence-electron chi connectivity index (χ4n) is 1.56. The molecule has 0 aromatic heterocycles. The van der Waals surface area contributed by atoms with E-state index in [0.29, 0.717) is 5.56 Å². The Labute approximate surface area is 112 Å². The number of benzene rings is 1. The molecular weight excluding hydrogens is 266 g/mol. The average Bonchev–Trinajstić information content (AvgIpc) is 2.37. The molecule has 2 unspecified atom stereocenters. The Morgan fingerprint density at radius 3 is 2.53 bits per heavy atom. The zero-order valence-electron chi connectivity index (χ0n) is 10.4. The number of phenolic OH excluding ortho intramolecular Hbond substituents is 1. The van der Waals surface area contributed by atoms with E-state index in [4.69, 9.17) is 5.73 Å². The van der Waals surface area contributed by atoms with Crippen LogP contribution >= 0.6 is 0 Å². The van der Waals surface area contributed by atoms with E-state index < -0.39 is 22.0 Å². The molecule has 0 heterocycles. The SMILES string of the molecule is C=CCS(=O)(=O)c1cc(C(O)C(N)C=C)ccc1O. The van der Waals surface area contributed by atoms with Crippen LogP contribution in [-0.4, -0.2) is 30.4 Å². The molecule has 0 aliphatic heterocycles. The van der Waals surface area contributed by atoms with Gasteiger partial charge in [-0.2, -0.15) is 0 Å².